The van der Waals surface area contributed by atoms with E-state index in [9.17, 15) is 14.4 Å². The highest BCUT2D eigenvalue weighted by molar-refractivity contribution is 6.34. The summed E-state index contributed by atoms with van der Waals surface area (Å²) < 4.78 is 0. The van der Waals surface area contributed by atoms with Crippen molar-refractivity contribution in [1.29, 1.82) is 0 Å². The van der Waals surface area contributed by atoms with E-state index in [0.717, 1.165) is 4.90 Å². The van der Waals surface area contributed by atoms with Crippen LogP contribution in [0.2, 0.25) is 0 Å². The van der Waals surface area contributed by atoms with Gasteiger partial charge in [0.25, 0.3) is 11.8 Å². The highest BCUT2D eigenvalue weighted by Crippen LogP contribution is 2.28. The van der Waals surface area contributed by atoms with Gasteiger partial charge in [-0.25, -0.2) is 4.90 Å². The van der Waals surface area contributed by atoms with Crippen LogP contribution in [0, 0.1) is 0 Å². The van der Waals surface area contributed by atoms with Crippen LogP contribution in [0.4, 0.5) is 5.69 Å². The number of hydrogen-bond acceptors (Lipinski definition) is 3. The van der Waals surface area contributed by atoms with E-state index in [1.807, 2.05) is 6.07 Å². The van der Waals surface area contributed by atoms with Crippen molar-refractivity contribution in [2.45, 2.75) is 0 Å². The van der Waals surface area contributed by atoms with Crippen LogP contribution in [0.25, 0.3) is 0 Å². The van der Waals surface area contributed by atoms with E-state index in [1.165, 1.54) is 0 Å². The molecule has 0 saturated heterocycles. The fourth-order valence-corrected chi connectivity index (χ4v) is 2.94. The van der Waals surface area contributed by atoms with E-state index < -0.39 is 0 Å². The molecule has 0 fully saturated rings. The minimum Gasteiger partial charge on any atom is -0.289 e. The Labute approximate surface area is 144 Å². The molecule has 0 aromatic heterocycles. The fourth-order valence-electron chi connectivity index (χ4n) is 2.94. The van der Waals surface area contributed by atoms with Crippen molar-refractivity contribution >= 4 is 23.3 Å². The first-order chi connectivity index (χ1) is 12.2. The van der Waals surface area contributed by atoms with Gasteiger partial charge in [-0.1, -0.05) is 42.5 Å². The quantitative estimate of drug-likeness (QED) is 0.544. The number of carbonyl (C=O) groups excluding carboxylic acids is 3. The number of amides is 2. The van der Waals surface area contributed by atoms with E-state index in [4.69, 9.17) is 0 Å². The zero-order chi connectivity index (χ0) is 17.4. The van der Waals surface area contributed by atoms with Crippen molar-refractivity contribution < 1.29 is 14.4 Å². The van der Waals surface area contributed by atoms with Gasteiger partial charge < -0.3 is 0 Å². The van der Waals surface area contributed by atoms with E-state index in [-0.39, 0.29) is 17.6 Å². The number of carbonyl (C=O) groups is 3. The van der Waals surface area contributed by atoms with Gasteiger partial charge in [-0.05, 0) is 36.4 Å². The molecule has 0 radical (unpaired) electrons. The van der Waals surface area contributed by atoms with Crippen molar-refractivity contribution in [3.05, 3.63) is 101 Å². The lowest BCUT2D eigenvalue weighted by atomic mass is 10.0. The second-order valence-electron chi connectivity index (χ2n) is 5.73. The summed E-state index contributed by atoms with van der Waals surface area (Å²) in [7, 11) is 0. The van der Waals surface area contributed by atoms with Crippen LogP contribution in [0.1, 0.15) is 36.6 Å². The largest absolute Gasteiger partial charge is 0.289 e. The summed E-state index contributed by atoms with van der Waals surface area (Å²) >= 11 is 0. The maximum Gasteiger partial charge on any atom is 0.266 e. The first-order valence-corrected chi connectivity index (χ1v) is 7.84. The Bertz CT molecular complexity index is 956. The molecule has 1 aliphatic heterocycles. The molecule has 4 rings (SSSR count). The minimum atomic E-state index is -0.345. The number of ketones is 1. The maximum absolute atomic E-state index is 12.5. The molecule has 4 heteroatoms. The molecule has 3 aromatic rings. The molecule has 3 aromatic carbocycles. The molecule has 0 aliphatic carbocycles. The molecule has 0 N–H and O–H groups in total. The van der Waals surface area contributed by atoms with Gasteiger partial charge in [0.05, 0.1) is 16.8 Å². The predicted molar refractivity (Wildman–Crippen MR) is 93.9 cm³/mol. The molecule has 4 nitrogen and oxygen atoms in total. The Morgan fingerprint density at radius 3 is 1.64 bits per heavy atom. The van der Waals surface area contributed by atoms with Gasteiger partial charge in [0.2, 0.25) is 0 Å². The second kappa shape index (κ2) is 5.83. The lowest BCUT2D eigenvalue weighted by Crippen LogP contribution is -2.29. The molecular weight excluding hydrogens is 314 g/mol. The highest BCUT2D eigenvalue weighted by atomic mass is 16.2. The van der Waals surface area contributed by atoms with Crippen LogP contribution >= 0.6 is 0 Å². The Morgan fingerprint density at radius 2 is 1.08 bits per heavy atom. The van der Waals surface area contributed by atoms with Gasteiger partial charge in [-0.15, -0.1) is 0 Å². The molecule has 1 aliphatic rings. The number of fused-ring (bicyclic) bond motifs is 1. The van der Waals surface area contributed by atoms with Crippen LogP contribution in [-0.4, -0.2) is 17.6 Å². The van der Waals surface area contributed by atoms with Gasteiger partial charge >= 0.3 is 0 Å². The minimum absolute atomic E-state index is 0.102. The zero-order valence-corrected chi connectivity index (χ0v) is 13.2. The number of rotatable bonds is 3. The molecule has 120 valence electrons. The molecular formula is C21H13NO3. The Kier molecular flexibility index (Phi) is 3.51. The third kappa shape index (κ3) is 2.44. The summed E-state index contributed by atoms with van der Waals surface area (Å²) in [5.41, 5.74) is 2.35. The molecule has 0 atom stereocenters. The van der Waals surface area contributed by atoms with Crippen molar-refractivity contribution in [3.8, 4) is 0 Å². The fraction of sp³-hybridized carbons (Fsp3) is 0. The molecule has 2 amide bonds. The lowest BCUT2D eigenvalue weighted by Gasteiger charge is -2.14. The standard InChI is InChI=1S/C21H13NO3/c23-19(14-6-2-1-3-7-14)15-10-12-16(13-11-15)22-20(24)17-8-4-5-9-18(17)21(22)25/h1-13H. The molecule has 0 spiro atoms. The van der Waals surface area contributed by atoms with Gasteiger partial charge in [-0.2, -0.15) is 0 Å². The van der Waals surface area contributed by atoms with Crippen LogP contribution < -0.4 is 4.90 Å². The first kappa shape index (κ1) is 15.0. The van der Waals surface area contributed by atoms with Crippen molar-refractivity contribution in [1.82, 2.24) is 0 Å². The monoisotopic (exact) mass is 327 g/mol. The topological polar surface area (TPSA) is 54.5 Å². The van der Waals surface area contributed by atoms with Crippen molar-refractivity contribution in [2.75, 3.05) is 4.90 Å². The smallest absolute Gasteiger partial charge is 0.266 e. The Hall–Kier alpha value is -3.53. The van der Waals surface area contributed by atoms with Crippen LogP contribution in [-0.2, 0) is 0 Å². The number of anilines is 1. The first-order valence-electron chi connectivity index (χ1n) is 7.84. The number of nitrogens with zero attached hydrogens (tertiary/aromatic N) is 1. The van der Waals surface area contributed by atoms with Gasteiger partial charge in [-0.3, -0.25) is 14.4 Å². The third-order valence-electron chi connectivity index (χ3n) is 4.22. The van der Waals surface area contributed by atoms with Gasteiger partial charge in [0, 0.05) is 11.1 Å². The summed E-state index contributed by atoms with van der Waals surface area (Å²) in [6.07, 6.45) is 0. The Morgan fingerprint density at radius 1 is 0.600 bits per heavy atom. The number of benzene rings is 3. The normalized spacial score (nSPS) is 13.0. The zero-order valence-electron chi connectivity index (χ0n) is 13.2. The predicted octanol–water partition coefficient (Wildman–Crippen LogP) is 3.72. The van der Waals surface area contributed by atoms with Crippen molar-refractivity contribution in [3.63, 3.8) is 0 Å². The summed E-state index contributed by atoms with van der Waals surface area (Å²) in [4.78, 5) is 38.6. The van der Waals surface area contributed by atoms with E-state index in [2.05, 4.69) is 0 Å². The van der Waals surface area contributed by atoms with E-state index in [0.29, 0.717) is 27.9 Å². The Balaban J connectivity index is 1.65. The number of hydrogen-bond donors (Lipinski definition) is 0. The second-order valence-corrected chi connectivity index (χ2v) is 5.73. The average Bonchev–Trinajstić information content (AvgIpc) is 2.93. The molecule has 0 bridgehead atoms. The van der Waals surface area contributed by atoms with E-state index in [1.54, 1.807) is 72.8 Å². The van der Waals surface area contributed by atoms with Crippen LogP contribution in [0.5, 0.6) is 0 Å². The van der Waals surface area contributed by atoms with Gasteiger partial charge in [0.15, 0.2) is 5.78 Å². The maximum atomic E-state index is 12.5. The van der Waals surface area contributed by atoms with Crippen molar-refractivity contribution in [2.24, 2.45) is 0 Å². The summed E-state index contributed by atoms with van der Waals surface area (Å²) in [6, 6.07) is 22.2. The molecule has 1 heterocycles. The molecule has 0 saturated carbocycles. The van der Waals surface area contributed by atoms with E-state index >= 15 is 0 Å². The average molecular weight is 327 g/mol. The van der Waals surface area contributed by atoms with Crippen LogP contribution in [0.15, 0.2) is 78.9 Å². The summed E-state index contributed by atoms with van der Waals surface area (Å²) in [5.74, 6) is -0.792. The SMILES string of the molecule is O=C(c1ccccc1)c1ccc(N2C(=O)c3ccccc3C2=O)cc1. The summed E-state index contributed by atoms with van der Waals surface area (Å²) in [6.45, 7) is 0. The van der Waals surface area contributed by atoms with Crippen LogP contribution in [0.3, 0.4) is 0 Å². The number of imide groups is 1. The summed E-state index contributed by atoms with van der Waals surface area (Å²) in [5, 5.41) is 0. The molecule has 0 unspecified atom stereocenters. The lowest BCUT2D eigenvalue weighted by molar-refractivity contribution is 0.0925. The highest BCUT2D eigenvalue weighted by Gasteiger charge is 2.36. The molecule has 25 heavy (non-hydrogen) atoms. The van der Waals surface area contributed by atoms with Gasteiger partial charge in [0.1, 0.15) is 0 Å². The third-order valence-corrected chi connectivity index (χ3v) is 4.22.